The topological polar surface area (TPSA) is 66.4 Å². The zero-order chi connectivity index (χ0) is 13.9. The molecule has 0 unspecified atom stereocenters. The maximum atomic E-state index is 12.2. The molecular formula is C14H25NO3. The van der Waals surface area contributed by atoms with E-state index in [9.17, 15) is 9.59 Å². The minimum atomic E-state index is -0.978. The molecule has 1 saturated carbocycles. The molecule has 4 atom stereocenters. The molecule has 104 valence electrons. The fourth-order valence-electron chi connectivity index (χ4n) is 2.89. The number of carbonyl (C=O) groups is 2. The molecule has 18 heavy (non-hydrogen) atoms. The average Bonchev–Trinajstić information content (AvgIpc) is 2.28. The van der Waals surface area contributed by atoms with Crippen molar-refractivity contribution < 1.29 is 14.7 Å². The van der Waals surface area contributed by atoms with Crippen molar-refractivity contribution in [3.05, 3.63) is 0 Å². The third-order valence-electron chi connectivity index (χ3n) is 4.09. The molecule has 1 aliphatic carbocycles. The van der Waals surface area contributed by atoms with Gasteiger partial charge in [0.05, 0.1) is 0 Å². The van der Waals surface area contributed by atoms with Crippen LogP contribution in [-0.4, -0.2) is 23.0 Å². The highest BCUT2D eigenvalue weighted by Crippen LogP contribution is 2.38. The van der Waals surface area contributed by atoms with Crippen LogP contribution in [0.4, 0.5) is 0 Å². The van der Waals surface area contributed by atoms with E-state index in [-0.39, 0.29) is 11.8 Å². The lowest BCUT2D eigenvalue weighted by molar-refractivity contribution is -0.142. The van der Waals surface area contributed by atoms with Gasteiger partial charge >= 0.3 is 5.97 Å². The Bertz CT molecular complexity index is 314. The van der Waals surface area contributed by atoms with Crippen LogP contribution in [-0.2, 0) is 9.59 Å². The third kappa shape index (κ3) is 3.72. The Hall–Kier alpha value is -1.06. The Kier molecular flexibility index (Phi) is 5.17. The van der Waals surface area contributed by atoms with E-state index in [2.05, 4.69) is 26.1 Å². The third-order valence-corrected chi connectivity index (χ3v) is 4.09. The highest BCUT2D eigenvalue weighted by molar-refractivity contribution is 5.85. The highest BCUT2D eigenvalue weighted by atomic mass is 16.4. The van der Waals surface area contributed by atoms with E-state index >= 15 is 0 Å². The molecule has 1 rings (SSSR count). The van der Waals surface area contributed by atoms with Crippen molar-refractivity contribution >= 4 is 11.9 Å². The zero-order valence-electron chi connectivity index (χ0n) is 11.8. The van der Waals surface area contributed by atoms with Gasteiger partial charge in [-0.05, 0) is 37.5 Å². The van der Waals surface area contributed by atoms with E-state index in [0.717, 1.165) is 12.8 Å². The number of hydrogen-bond acceptors (Lipinski definition) is 2. The van der Waals surface area contributed by atoms with Crippen LogP contribution >= 0.6 is 0 Å². The van der Waals surface area contributed by atoms with Crippen LogP contribution in [0, 0.1) is 23.7 Å². The van der Waals surface area contributed by atoms with E-state index in [1.54, 1.807) is 0 Å². The summed E-state index contributed by atoms with van der Waals surface area (Å²) in [5.74, 6) is 0.297. The average molecular weight is 255 g/mol. The van der Waals surface area contributed by atoms with Crippen molar-refractivity contribution in [2.45, 2.75) is 53.0 Å². The minimum absolute atomic E-state index is 0.0319. The van der Waals surface area contributed by atoms with E-state index in [1.165, 1.54) is 13.3 Å². The Morgan fingerprint density at radius 1 is 1.22 bits per heavy atom. The van der Waals surface area contributed by atoms with Crippen molar-refractivity contribution in [1.29, 1.82) is 0 Å². The Labute approximate surface area is 109 Å². The van der Waals surface area contributed by atoms with Gasteiger partial charge < -0.3 is 10.4 Å². The number of amides is 1. The number of nitrogens with one attached hydrogen (secondary N) is 1. The number of rotatable bonds is 4. The number of carbonyl (C=O) groups excluding carboxylic acids is 1. The van der Waals surface area contributed by atoms with Crippen LogP contribution in [0.1, 0.15) is 47.0 Å². The van der Waals surface area contributed by atoms with Gasteiger partial charge in [0.2, 0.25) is 5.91 Å². The summed E-state index contributed by atoms with van der Waals surface area (Å²) in [6, 6.07) is -0.803. The van der Waals surface area contributed by atoms with Gasteiger partial charge in [-0.25, -0.2) is 0 Å². The predicted molar refractivity (Wildman–Crippen MR) is 70.1 cm³/mol. The van der Waals surface area contributed by atoms with Crippen molar-refractivity contribution in [2.75, 3.05) is 0 Å². The number of aliphatic carboxylic acids is 1. The zero-order valence-corrected chi connectivity index (χ0v) is 11.8. The molecule has 4 nitrogen and oxygen atoms in total. The van der Waals surface area contributed by atoms with Gasteiger partial charge in [0.15, 0.2) is 0 Å². The van der Waals surface area contributed by atoms with Crippen LogP contribution in [0.25, 0.3) is 0 Å². The number of carboxylic acid groups (broad SMARTS) is 1. The monoisotopic (exact) mass is 255 g/mol. The van der Waals surface area contributed by atoms with Gasteiger partial charge in [0.1, 0.15) is 6.04 Å². The minimum Gasteiger partial charge on any atom is -0.480 e. The van der Waals surface area contributed by atoms with Crippen LogP contribution < -0.4 is 5.32 Å². The molecule has 0 aromatic rings. The lowest BCUT2D eigenvalue weighted by Crippen LogP contribution is -2.46. The normalized spacial score (nSPS) is 29.9. The van der Waals surface area contributed by atoms with Crippen molar-refractivity contribution in [3.8, 4) is 0 Å². The van der Waals surface area contributed by atoms with Gasteiger partial charge in [-0.3, -0.25) is 9.59 Å². The first-order chi connectivity index (χ1) is 8.32. The molecule has 0 aliphatic heterocycles. The summed E-state index contributed by atoms with van der Waals surface area (Å²) >= 11 is 0. The first-order valence-corrected chi connectivity index (χ1v) is 6.86. The van der Waals surface area contributed by atoms with Gasteiger partial charge in [-0.1, -0.05) is 27.2 Å². The van der Waals surface area contributed by atoms with Crippen LogP contribution in [0.15, 0.2) is 0 Å². The summed E-state index contributed by atoms with van der Waals surface area (Å²) < 4.78 is 0. The molecule has 1 amide bonds. The molecule has 0 radical (unpaired) electrons. The van der Waals surface area contributed by atoms with E-state index < -0.39 is 12.0 Å². The summed E-state index contributed by atoms with van der Waals surface area (Å²) in [4.78, 5) is 23.0. The second kappa shape index (κ2) is 6.21. The lowest BCUT2D eigenvalue weighted by atomic mass is 9.69. The molecule has 2 N–H and O–H groups in total. The fourth-order valence-corrected chi connectivity index (χ4v) is 2.89. The summed E-state index contributed by atoms with van der Waals surface area (Å²) in [5, 5.41) is 11.5. The molecule has 0 bridgehead atoms. The SMILES string of the molecule is CC(C)[C@@H]1CC[C@@H](C)C[C@H]1C(=O)N[C@H](C)C(=O)O. The maximum Gasteiger partial charge on any atom is 0.325 e. The van der Waals surface area contributed by atoms with Crippen molar-refractivity contribution in [1.82, 2.24) is 5.32 Å². The Morgan fingerprint density at radius 2 is 1.83 bits per heavy atom. The molecule has 0 saturated heterocycles. The van der Waals surface area contributed by atoms with Gasteiger partial charge in [0.25, 0.3) is 0 Å². The summed E-state index contributed by atoms with van der Waals surface area (Å²) in [6.07, 6.45) is 3.11. The maximum absolute atomic E-state index is 12.2. The lowest BCUT2D eigenvalue weighted by Gasteiger charge is -2.36. The second-order valence-electron chi connectivity index (χ2n) is 6.00. The smallest absolute Gasteiger partial charge is 0.325 e. The summed E-state index contributed by atoms with van der Waals surface area (Å²) in [5.41, 5.74) is 0. The molecule has 1 fully saturated rings. The summed E-state index contributed by atoms with van der Waals surface area (Å²) in [7, 11) is 0. The molecule has 1 aliphatic rings. The number of hydrogen-bond donors (Lipinski definition) is 2. The second-order valence-corrected chi connectivity index (χ2v) is 6.00. The van der Waals surface area contributed by atoms with Gasteiger partial charge in [-0.15, -0.1) is 0 Å². The van der Waals surface area contributed by atoms with E-state index in [0.29, 0.717) is 17.8 Å². The van der Waals surface area contributed by atoms with E-state index in [4.69, 9.17) is 5.11 Å². The quantitative estimate of drug-likeness (QED) is 0.810. The van der Waals surface area contributed by atoms with Crippen LogP contribution in [0.3, 0.4) is 0 Å². The molecule has 0 spiro atoms. The molecule has 0 aromatic heterocycles. The molecule has 0 aromatic carbocycles. The standard InChI is InChI=1S/C14H25NO3/c1-8(2)11-6-5-9(3)7-12(11)13(16)15-10(4)14(17)18/h8-12H,5-7H2,1-4H3,(H,15,16)(H,17,18)/t9-,10-,11+,12-/m1/s1. The van der Waals surface area contributed by atoms with E-state index in [1.807, 2.05) is 0 Å². The highest BCUT2D eigenvalue weighted by Gasteiger charge is 2.36. The van der Waals surface area contributed by atoms with Crippen LogP contribution in [0.2, 0.25) is 0 Å². The Balaban J connectivity index is 2.69. The predicted octanol–water partition coefficient (Wildman–Crippen LogP) is 2.28. The first kappa shape index (κ1) is 15.0. The van der Waals surface area contributed by atoms with Gasteiger partial charge in [0, 0.05) is 5.92 Å². The van der Waals surface area contributed by atoms with Crippen molar-refractivity contribution in [3.63, 3.8) is 0 Å². The molecule has 0 heterocycles. The molecule has 4 heteroatoms. The largest absolute Gasteiger partial charge is 0.480 e. The van der Waals surface area contributed by atoms with Crippen LogP contribution in [0.5, 0.6) is 0 Å². The van der Waals surface area contributed by atoms with Crippen molar-refractivity contribution in [2.24, 2.45) is 23.7 Å². The molecular weight excluding hydrogens is 230 g/mol. The first-order valence-electron chi connectivity index (χ1n) is 6.86. The Morgan fingerprint density at radius 3 is 2.33 bits per heavy atom. The fraction of sp³-hybridized carbons (Fsp3) is 0.857. The summed E-state index contributed by atoms with van der Waals surface area (Å²) in [6.45, 7) is 7.96. The van der Waals surface area contributed by atoms with Gasteiger partial charge in [-0.2, -0.15) is 0 Å². The number of carboxylic acids is 1.